The quantitative estimate of drug-likeness (QED) is 0.613. The molecule has 2 unspecified atom stereocenters. The normalized spacial score (nSPS) is 20.7. The summed E-state index contributed by atoms with van der Waals surface area (Å²) in [5.74, 6) is -0.737. The third-order valence-corrected chi connectivity index (χ3v) is 3.15. The monoisotopic (exact) mass is 275 g/mol. The minimum Gasteiger partial charge on any atom is -0.390 e. The molecule has 8 heteroatoms. The molecule has 0 heterocycles. The molecule has 0 aliphatic heterocycles. The first-order chi connectivity index (χ1) is 8.85. The van der Waals surface area contributed by atoms with Gasteiger partial charge in [0.05, 0.1) is 12.1 Å². The van der Waals surface area contributed by atoms with Crippen molar-refractivity contribution in [2.45, 2.75) is 58.0 Å². The molecule has 0 amide bonds. The van der Waals surface area contributed by atoms with Crippen LogP contribution in [0.15, 0.2) is 15.5 Å². The minimum absolute atomic E-state index is 0.0156. The van der Waals surface area contributed by atoms with E-state index in [2.05, 4.69) is 15.5 Å². The van der Waals surface area contributed by atoms with E-state index in [9.17, 15) is 19.8 Å². The maximum atomic E-state index is 10.9. The average Bonchev–Trinajstić information content (AvgIpc) is 2.42. The van der Waals surface area contributed by atoms with Crippen LogP contribution in [0.2, 0.25) is 0 Å². The van der Waals surface area contributed by atoms with Gasteiger partial charge in [0.2, 0.25) is 0 Å². The fourth-order valence-corrected chi connectivity index (χ4v) is 1.95. The first kappa shape index (κ1) is 17.7. The lowest BCUT2D eigenvalue weighted by atomic mass is 9.85. The predicted octanol–water partition coefficient (Wildman–Crippen LogP) is 2.18. The molecule has 0 aromatic heterocycles. The van der Waals surface area contributed by atoms with Crippen LogP contribution in [-0.4, -0.2) is 35.6 Å². The van der Waals surface area contributed by atoms with Crippen molar-refractivity contribution in [3.8, 4) is 0 Å². The van der Waals surface area contributed by atoms with Crippen LogP contribution < -0.4 is 0 Å². The molecule has 0 radical (unpaired) electrons. The van der Waals surface area contributed by atoms with E-state index in [1.54, 1.807) is 6.92 Å². The number of hydrogen-bond donors (Lipinski definition) is 1. The zero-order chi connectivity index (χ0) is 15.1. The van der Waals surface area contributed by atoms with E-state index < -0.39 is 29.8 Å². The topological polar surface area (TPSA) is 118 Å². The second-order valence-corrected chi connectivity index (χ2v) is 4.75. The molecule has 8 nitrogen and oxygen atoms in total. The fraction of sp³-hybridized carbons (Fsp3) is 1.00. The summed E-state index contributed by atoms with van der Waals surface area (Å²) in [6, 6.07) is -1.70. The van der Waals surface area contributed by atoms with Gasteiger partial charge in [0.25, 0.3) is 0 Å². The Morgan fingerprint density at radius 1 is 1.16 bits per heavy atom. The van der Waals surface area contributed by atoms with Crippen LogP contribution in [0.5, 0.6) is 0 Å². The van der Waals surface area contributed by atoms with E-state index in [4.69, 9.17) is 4.74 Å². The number of aliphatic hydroxyl groups excluding tert-OH is 1. The zero-order valence-corrected chi connectivity index (χ0v) is 11.6. The lowest BCUT2D eigenvalue weighted by Gasteiger charge is -2.31. The Bertz CT molecular complexity index is 315. The van der Waals surface area contributed by atoms with E-state index in [1.165, 1.54) is 20.8 Å². The predicted molar refractivity (Wildman–Crippen MR) is 70.5 cm³/mol. The smallest absolute Gasteiger partial charge is 0.197 e. The van der Waals surface area contributed by atoms with Gasteiger partial charge in [-0.2, -0.15) is 9.81 Å². The highest BCUT2D eigenvalue weighted by Crippen LogP contribution is 2.30. The summed E-state index contributed by atoms with van der Waals surface area (Å²) in [7, 11) is 0. The Labute approximate surface area is 111 Å². The Balaban J connectivity index is 5.10. The van der Waals surface area contributed by atoms with Crippen molar-refractivity contribution in [3.63, 3.8) is 0 Å². The van der Waals surface area contributed by atoms with Gasteiger partial charge in [-0.15, -0.1) is 4.91 Å². The van der Waals surface area contributed by atoms with Gasteiger partial charge in [-0.25, -0.2) is 0 Å². The van der Waals surface area contributed by atoms with Crippen LogP contribution in [0, 0.1) is 20.6 Å². The van der Waals surface area contributed by atoms with Gasteiger partial charge in [-0.3, -0.25) is 0 Å². The molecule has 0 aromatic carbocycles. The van der Waals surface area contributed by atoms with Gasteiger partial charge in [0.15, 0.2) is 5.72 Å². The van der Waals surface area contributed by atoms with Gasteiger partial charge < -0.3 is 9.84 Å². The molecule has 110 valence electrons. The van der Waals surface area contributed by atoms with Crippen LogP contribution in [0.25, 0.3) is 0 Å². The van der Waals surface area contributed by atoms with Crippen LogP contribution >= 0.6 is 0 Å². The maximum absolute atomic E-state index is 10.9. The van der Waals surface area contributed by atoms with E-state index in [0.717, 1.165) is 0 Å². The van der Waals surface area contributed by atoms with Gasteiger partial charge in [-0.1, -0.05) is 10.4 Å². The molecule has 5 atom stereocenters. The van der Waals surface area contributed by atoms with Crippen molar-refractivity contribution in [3.05, 3.63) is 14.7 Å². The van der Waals surface area contributed by atoms with Crippen molar-refractivity contribution in [2.75, 3.05) is 6.61 Å². The largest absolute Gasteiger partial charge is 0.390 e. The van der Waals surface area contributed by atoms with Crippen molar-refractivity contribution in [2.24, 2.45) is 21.4 Å². The lowest BCUT2D eigenvalue weighted by molar-refractivity contribution is -0.0570. The van der Waals surface area contributed by atoms with Gasteiger partial charge in [0, 0.05) is 18.9 Å². The summed E-state index contributed by atoms with van der Waals surface area (Å²) in [4.78, 5) is 32.0. The van der Waals surface area contributed by atoms with Crippen molar-refractivity contribution < 1.29 is 9.84 Å². The third-order valence-electron chi connectivity index (χ3n) is 3.15. The fourth-order valence-electron chi connectivity index (χ4n) is 1.95. The minimum atomic E-state index is -1.37. The summed E-state index contributed by atoms with van der Waals surface area (Å²) in [6.07, 6.45) is -1.20. The Hall–Kier alpha value is -1.28. The molecule has 0 aliphatic carbocycles. The molecule has 0 aromatic rings. The van der Waals surface area contributed by atoms with Crippen LogP contribution in [0.3, 0.4) is 0 Å². The van der Waals surface area contributed by atoms with Crippen LogP contribution in [0.4, 0.5) is 0 Å². The van der Waals surface area contributed by atoms with E-state index in [0.29, 0.717) is 0 Å². The first-order valence-corrected chi connectivity index (χ1v) is 6.16. The molecule has 0 rings (SSSR count). The van der Waals surface area contributed by atoms with Gasteiger partial charge >= 0.3 is 0 Å². The third kappa shape index (κ3) is 5.07. The highest BCUT2D eigenvalue weighted by Gasteiger charge is 2.39. The molecule has 1 N–H and O–H groups in total. The summed E-state index contributed by atoms with van der Waals surface area (Å²) in [5.41, 5.74) is -1.37. The second-order valence-electron chi connectivity index (χ2n) is 4.75. The summed E-state index contributed by atoms with van der Waals surface area (Å²) < 4.78 is 5.22. The summed E-state index contributed by atoms with van der Waals surface area (Å²) in [6.45, 7) is 6.34. The first-order valence-electron chi connectivity index (χ1n) is 6.16. The number of nitrogens with zero attached hydrogens (tertiary/aromatic N) is 3. The van der Waals surface area contributed by atoms with Crippen molar-refractivity contribution in [1.82, 2.24) is 0 Å². The highest BCUT2D eigenvalue weighted by molar-refractivity contribution is 4.89. The molecule has 0 saturated heterocycles. The number of aliphatic hydroxyl groups is 1. The molecular weight excluding hydrogens is 254 g/mol. The number of rotatable bonds is 10. The van der Waals surface area contributed by atoms with Crippen molar-refractivity contribution >= 4 is 0 Å². The zero-order valence-electron chi connectivity index (χ0n) is 11.6. The lowest BCUT2D eigenvalue weighted by Crippen LogP contribution is -2.41. The highest BCUT2D eigenvalue weighted by atomic mass is 16.5. The Kier molecular flexibility index (Phi) is 7.47. The van der Waals surface area contributed by atoms with Crippen molar-refractivity contribution in [1.29, 1.82) is 0 Å². The summed E-state index contributed by atoms with van der Waals surface area (Å²) in [5, 5.41) is 18.5. The Morgan fingerprint density at radius 3 is 2.05 bits per heavy atom. The molecule has 0 spiro atoms. The number of hydrogen-bond acceptors (Lipinski definition) is 8. The number of ether oxygens (including phenoxy) is 1. The molecule has 0 aliphatic rings. The van der Waals surface area contributed by atoms with Gasteiger partial charge in [-0.05, 0) is 32.9 Å². The van der Waals surface area contributed by atoms with Crippen LogP contribution in [-0.2, 0) is 4.74 Å². The standard InChI is InChI=1S/C11H21N3O5/c1-5-19-11(4,14-18)6-9(7(2)12-16)10(15)8(3)13-17/h7-10,15H,5-6H2,1-4H3/t7-,8-,9?,10?,11-/m1/s1. The molecule has 0 bridgehead atoms. The molecule has 0 fully saturated rings. The molecule has 0 saturated carbocycles. The number of nitroso groups, excluding NO2 is 3. The van der Waals surface area contributed by atoms with Gasteiger partial charge in [0.1, 0.15) is 6.04 Å². The maximum Gasteiger partial charge on any atom is 0.197 e. The molecular formula is C11H21N3O5. The van der Waals surface area contributed by atoms with E-state index >= 15 is 0 Å². The van der Waals surface area contributed by atoms with E-state index in [1.807, 2.05) is 0 Å². The Morgan fingerprint density at radius 2 is 1.68 bits per heavy atom. The van der Waals surface area contributed by atoms with E-state index in [-0.39, 0.29) is 13.0 Å². The molecule has 19 heavy (non-hydrogen) atoms. The van der Waals surface area contributed by atoms with Crippen LogP contribution in [0.1, 0.15) is 34.1 Å². The average molecular weight is 275 g/mol. The second kappa shape index (κ2) is 8.00. The SMILES string of the molecule is CCO[C@](C)(CC(C(O)[C@@H](C)N=O)[C@@H](C)N=O)N=O. The summed E-state index contributed by atoms with van der Waals surface area (Å²) >= 11 is 0.